The summed E-state index contributed by atoms with van der Waals surface area (Å²) in [5.74, 6) is 1.28. The number of hydrogen-bond acceptors (Lipinski definition) is 5. The van der Waals surface area contributed by atoms with Gasteiger partial charge in [0.2, 0.25) is 11.8 Å². The molecule has 0 aliphatic carbocycles. The molecule has 0 bridgehead atoms. The van der Waals surface area contributed by atoms with Gasteiger partial charge < -0.3 is 4.42 Å². The van der Waals surface area contributed by atoms with Crippen LogP contribution in [0.5, 0.6) is 0 Å². The van der Waals surface area contributed by atoms with Gasteiger partial charge in [0.25, 0.3) is 0 Å². The molecular formula is C22H25N3O2S. The number of hydrogen-bond donors (Lipinski definition) is 1. The second-order valence-electron chi connectivity index (χ2n) is 6.66. The number of nitrogens with one attached hydrogen (secondary N) is 1. The zero-order valence-corrected chi connectivity index (χ0v) is 17.1. The molecule has 3 rings (SSSR count). The number of nitrogens with zero attached hydrogens (tertiary/aromatic N) is 2. The minimum absolute atomic E-state index is 0.105. The van der Waals surface area contributed by atoms with E-state index in [4.69, 9.17) is 4.42 Å². The van der Waals surface area contributed by atoms with E-state index in [1.54, 1.807) is 11.8 Å². The van der Waals surface area contributed by atoms with Crippen molar-refractivity contribution in [2.75, 3.05) is 11.1 Å². The van der Waals surface area contributed by atoms with Crippen LogP contribution < -0.4 is 5.32 Å². The average molecular weight is 396 g/mol. The van der Waals surface area contributed by atoms with Gasteiger partial charge in [-0.3, -0.25) is 10.1 Å². The molecule has 1 amide bonds. The number of aryl methyl sites for hydroxylation is 2. The van der Waals surface area contributed by atoms with Crippen molar-refractivity contribution >= 4 is 23.7 Å². The van der Waals surface area contributed by atoms with Gasteiger partial charge in [0, 0.05) is 11.3 Å². The third-order valence-corrected chi connectivity index (χ3v) is 5.44. The molecule has 0 spiro atoms. The maximum absolute atomic E-state index is 12.1. The van der Waals surface area contributed by atoms with Gasteiger partial charge in [-0.05, 0) is 48.8 Å². The highest BCUT2D eigenvalue weighted by atomic mass is 32.2. The van der Waals surface area contributed by atoms with Crippen molar-refractivity contribution in [3.63, 3.8) is 0 Å². The Bertz CT molecular complexity index is 889. The molecule has 6 heteroatoms. The summed E-state index contributed by atoms with van der Waals surface area (Å²) in [5.41, 5.74) is 3.65. The first-order valence-electron chi connectivity index (χ1n) is 9.52. The van der Waals surface area contributed by atoms with Crippen molar-refractivity contribution < 1.29 is 9.21 Å². The summed E-state index contributed by atoms with van der Waals surface area (Å²) in [4.78, 5) is 13.3. The predicted octanol–water partition coefficient (Wildman–Crippen LogP) is 5.04. The largest absolute Gasteiger partial charge is 0.407 e. The van der Waals surface area contributed by atoms with Crippen LogP contribution in [0.3, 0.4) is 0 Å². The SMILES string of the molecule is CCc1ccc(Cc2nnc(NC(=O)CCCSc3ccc(C)cc3)o2)cc1. The molecule has 3 aromatic rings. The van der Waals surface area contributed by atoms with Gasteiger partial charge in [0.1, 0.15) is 0 Å². The summed E-state index contributed by atoms with van der Waals surface area (Å²) < 4.78 is 5.54. The molecule has 0 radical (unpaired) electrons. The zero-order valence-electron chi connectivity index (χ0n) is 16.3. The minimum Gasteiger partial charge on any atom is -0.407 e. The van der Waals surface area contributed by atoms with E-state index in [1.165, 1.54) is 16.0 Å². The van der Waals surface area contributed by atoms with Gasteiger partial charge in [-0.25, -0.2) is 0 Å². The number of carbonyl (C=O) groups excluding carboxylic acids is 1. The topological polar surface area (TPSA) is 68.0 Å². The molecule has 1 N–H and O–H groups in total. The van der Waals surface area contributed by atoms with E-state index in [2.05, 4.69) is 77.9 Å². The van der Waals surface area contributed by atoms with Crippen LogP contribution in [0.15, 0.2) is 57.8 Å². The molecule has 0 saturated heterocycles. The highest BCUT2D eigenvalue weighted by Crippen LogP contribution is 2.20. The molecule has 146 valence electrons. The number of rotatable bonds is 9. The lowest BCUT2D eigenvalue weighted by molar-refractivity contribution is -0.116. The first-order valence-corrected chi connectivity index (χ1v) is 10.5. The molecule has 0 aliphatic rings. The number of aromatic nitrogens is 2. The fourth-order valence-corrected chi connectivity index (χ4v) is 3.53. The Kier molecular flexibility index (Phi) is 7.25. The molecule has 0 unspecified atom stereocenters. The van der Waals surface area contributed by atoms with E-state index in [0.29, 0.717) is 18.7 Å². The Balaban J connectivity index is 1.40. The van der Waals surface area contributed by atoms with Crippen LogP contribution in [0, 0.1) is 6.92 Å². The third-order valence-electron chi connectivity index (χ3n) is 4.34. The van der Waals surface area contributed by atoms with Crippen LogP contribution >= 0.6 is 11.8 Å². The molecule has 5 nitrogen and oxygen atoms in total. The van der Waals surface area contributed by atoms with Crippen LogP contribution in [0.4, 0.5) is 6.01 Å². The smallest absolute Gasteiger partial charge is 0.322 e. The minimum atomic E-state index is -0.105. The van der Waals surface area contributed by atoms with E-state index in [-0.39, 0.29) is 11.9 Å². The maximum Gasteiger partial charge on any atom is 0.322 e. The summed E-state index contributed by atoms with van der Waals surface area (Å²) in [5, 5.41) is 10.6. The third kappa shape index (κ3) is 6.23. The normalized spacial score (nSPS) is 10.8. The van der Waals surface area contributed by atoms with Crippen molar-refractivity contribution in [2.45, 2.75) is 44.4 Å². The fraction of sp³-hybridized carbons (Fsp3) is 0.318. The van der Waals surface area contributed by atoms with E-state index >= 15 is 0 Å². The van der Waals surface area contributed by atoms with Gasteiger partial charge in [-0.15, -0.1) is 16.9 Å². The lowest BCUT2D eigenvalue weighted by Crippen LogP contribution is -2.11. The fourth-order valence-electron chi connectivity index (χ4n) is 2.68. The lowest BCUT2D eigenvalue weighted by atomic mass is 10.1. The van der Waals surface area contributed by atoms with Gasteiger partial charge in [0.15, 0.2) is 0 Å². The monoisotopic (exact) mass is 395 g/mol. The van der Waals surface area contributed by atoms with Crippen LogP contribution in [0.25, 0.3) is 0 Å². The average Bonchev–Trinajstić information content (AvgIpc) is 3.14. The van der Waals surface area contributed by atoms with Crippen LogP contribution in [0.2, 0.25) is 0 Å². The van der Waals surface area contributed by atoms with Crippen molar-refractivity contribution in [3.8, 4) is 0 Å². The lowest BCUT2D eigenvalue weighted by Gasteiger charge is -2.02. The molecule has 0 atom stereocenters. The Morgan fingerprint density at radius 2 is 1.75 bits per heavy atom. The summed E-state index contributed by atoms with van der Waals surface area (Å²) in [6.45, 7) is 4.20. The van der Waals surface area contributed by atoms with Gasteiger partial charge >= 0.3 is 6.01 Å². The highest BCUT2D eigenvalue weighted by Gasteiger charge is 2.10. The number of anilines is 1. The summed E-state index contributed by atoms with van der Waals surface area (Å²) >= 11 is 1.75. The molecular weight excluding hydrogens is 370 g/mol. The van der Waals surface area contributed by atoms with Crippen LogP contribution in [-0.4, -0.2) is 21.9 Å². The molecule has 0 saturated carbocycles. The Hall–Kier alpha value is -2.60. The van der Waals surface area contributed by atoms with E-state index < -0.39 is 0 Å². The van der Waals surface area contributed by atoms with E-state index in [0.717, 1.165) is 24.2 Å². The predicted molar refractivity (Wildman–Crippen MR) is 113 cm³/mol. The van der Waals surface area contributed by atoms with Crippen LogP contribution in [0.1, 0.15) is 42.3 Å². The Morgan fingerprint density at radius 1 is 1.04 bits per heavy atom. The first-order chi connectivity index (χ1) is 13.6. The summed E-state index contributed by atoms with van der Waals surface area (Å²) in [6.07, 6.45) is 2.78. The maximum atomic E-state index is 12.1. The molecule has 1 aromatic heterocycles. The van der Waals surface area contributed by atoms with Crippen LogP contribution in [-0.2, 0) is 17.6 Å². The Labute approximate surface area is 170 Å². The van der Waals surface area contributed by atoms with E-state index in [9.17, 15) is 4.79 Å². The Morgan fingerprint density at radius 3 is 2.46 bits per heavy atom. The molecule has 0 fully saturated rings. The standard InChI is InChI=1S/C22H25N3O2S/c1-3-17-8-10-18(11-9-17)15-21-24-25-22(27-21)23-20(26)5-4-14-28-19-12-6-16(2)7-13-19/h6-13H,3-5,14-15H2,1-2H3,(H,23,25,26). The van der Waals surface area contributed by atoms with Crippen molar-refractivity contribution in [1.29, 1.82) is 0 Å². The summed E-state index contributed by atoms with van der Waals surface area (Å²) in [7, 11) is 0. The quantitative estimate of drug-likeness (QED) is 0.406. The molecule has 2 aromatic carbocycles. The van der Waals surface area contributed by atoms with Gasteiger partial charge in [0.05, 0.1) is 6.42 Å². The molecule has 1 heterocycles. The summed E-state index contributed by atoms with van der Waals surface area (Å²) in [6, 6.07) is 16.9. The van der Waals surface area contributed by atoms with Crippen molar-refractivity contribution in [2.24, 2.45) is 0 Å². The van der Waals surface area contributed by atoms with Crippen molar-refractivity contribution in [1.82, 2.24) is 10.2 Å². The number of amides is 1. The second-order valence-corrected chi connectivity index (χ2v) is 7.83. The first kappa shape index (κ1) is 20.1. The molecule has 0 aliphatic heterocycles. The van der Waals surface area contributed by atoms with Gasteiger partial charge in [-0.2, -0.15) is 0 Å². The van der Waals surface area contributed by atoms with Crippen molar-refractivity contribution in [3.05, 3.63) is 71.1 Å². The van der Waals surface area contributed by atoms with Gasteiger partial charge in [-0.1, -0.05) is 54.0 Å². The zero-order chi connectivity index (χ0) is 19.8. The number of thioether (sulfide) groups is 1. The second kappa shape index (κ2) is 10.1. The van der Waals surface area contributed by atoms with E-state index in [1.807, 2.05) is 0 Å². The number of carbonyl (C=O) groups is 1. The highest BCUT2D eigenvalue weighted by molar-refractivity contribution is 7.99. The molecule has 28 heavy (non-hydrogen) atoms. The number of benzene rings is 2.